The van der Waals surface area contributed by atoms with E-state index in [1.807, 2.05) is 78.9 Å². The molecule has 1 aliphatic rings. The molecule has 3 aromatic heterocycles. The summed E-state index contributed by atoms with van der Waals surface area (Å²) in [6, 6.07) is 45.4. The summed E-state index contributed by atoms with van der Waals surface area (Å²) < 4.78 is 6.54. The predicted molar refractivity (Wildman–Crippen MR) is 184 cm³/mol. The normalized spacial score (nSPS) is 13.2. The van der Waals surface area contributed by atoms with Crippen molar-refractivity contribution in [1.82, 2.24) is 19.9 Å². The highest BCUT2D eigenvalue weighted by Gasteiger charge is 2.41. The summed E-state index contributed by atoms with van der Waals surface area (Å²) in [5.41, 5.74) is 12.0. The minimum Gasteiger partial charge on any atom is -0.454 e. The van der Waals surface area contributed by atoms with Crippen molar-refractivity contribution in [2.75, 3.05) is 0 Å². The molecule has 0 bridgehead atoms. The van der Waals surface area contributed by atoms with E-state index in [0.29, 0.717) is 17.5 Å². The standard InChI is InChI=1S/C41H28N4O/c1-41(2)31-19-11-9-17-29(31)33-34(41)37-36(30-18-10-12-20-32(30)46-37)42-35(33)25-21-23-28(24-22-25)40-44-38(26-13-5-3-6-14-26)43-39(45-40)27-15-7-4-8-16-27/h3-24H,1-2H3. The molecule has 8 aromatic rings. The molecule has 0 fully saturated rings. The van der Waals surface area contributed by atoms with Gasteiger partial charge in [-0.05, 0) is 23.3 Å². The van der Waals surface area contributed by atoms with E-state index in [1.165, 1.54) is 16.7 Å². The van der Waals surface area contributed by atoms with Crippen LogP contribution in [0.4, 0.5) is 0 Å². The highest BCUT2D eigenvalue weighted by Crippen LogP contribution is 2.55. The summed E-state index contributed by atoms with van der Waals surface area (Å²) in [6.45, 7) is 4.57. The second kappa shape index (κ2) is 10.0. The van der Waals surface area contributed by atoms with Crippen LogP contribution in [0, 0.1) is 0 Å². The number of rotatable bonds is 4. The van der Waals surface area contributed by atoms with Crippen LogP contribution >= 0.6 is 0 Å². The number of aromatic nitrogens is 4. The summed E-state index contributed by atoms with van der Waals surface area (Å²) in [4.78, 5) is 20.0. The Bertz CT molecular complexity index is 2370. The third kappa shape index (κ3) is 4.02. The fourth-order valence-electron chi connectivity index (χ4n) is 6.88. The molecule has 0 saturated carbocycles. The van der Waals surface area contributed by atoms with Crippen molar-refractivity contribution in [2.45, 2.75) is 19.3 Å². The summed E-state index contributed by atoms with van der Waals surface area (Å²) >= 11 is 0. The van der Waals surface area contributed by atoms with Crippen LogP contribution in [0.2, 0.25) is 0 Å². The second-order valence-electron chi connectivity index (χ2n) is 12.3. The molecule has 5 nitrogen and oxygen atoms in total. The van der Waals surface area contributed by atoms with Crippen LogP contribution in [-0.2, 0) is 5.41 Å². The summed E-state index contributed by atoms with van der Waals surface area (Å²) in [5, 5.41) is 1.02. The zero-order valence-electron chi connectivity index (χ0n) is 25.4. The van der Waals surface area contributed by atoms with Gasteiger partial charge >= 0.3 is 0 Å². The van der Waals surface area contributed by atoms with Crippen LogP contribution in [0.15, 0.2) is 138 Å². The van der Waals surface area contributed by atoms with Crippen LogP contribution in [0.5, 0.6) is 0 Å². The molecule has 5 heteroatoms. The molecule has 0 atom stereocenters. The summed E-state index contributed by atoms with van der Waals surface area (Å²) in [5.74, 6) is 1.91. The number of hydrogen-bond donors (Lipinski definition) is 0. The quantitative estimate of drug-likeness (QED) is 0.203. The molecule has 0 aliphatic heterocycles. The second-order valence-corrected chi connectivity index (χ2v) is 12.3. The number of nitrogens with zero attached hydrogens (tertiary/aromatic N) is 4. The van der Waals surface area contributed by atoms with E-state index >= 15 is 0 Å². The molecule has 218 valence electrons. The Morgan fingerprint density at radius 1 is 0.500 bits per heavy atom. The molecule has 3 heterocycles. The smallest absolute Gasteiger partial charge is 0.164 e. The minimum atomic E-state index is -0.248. The molecule has 5 aromatic carbocycles. The average Bonchev–Trinajstić information content (AvgIpc) is 3.60. The topological polar surface area (TPSA) is 64.7 Å². The molecule has 0 unspecified atom stereocenters. The van der Waals surface area contributed by atoms with E-state index in [0.717, 1.165) is 55.6 Å². The summed E-state index contributed by atoms with van der Waals surface area (Å²) in [7, 11) is 0. The highest BCUT2D eigenvalue weighted by molar-refractivity contribution is 6.09. The third-order valence-electron chi connectivity index (χ3n) is 9.12. The molecule has 1 aliphatic carbocycles. The van der Waals surface area contributed by atoms with Gasteiger partial charge in [0.2, 0.25) is 0 Å². The van der Waals surface area contributed by atoms with Crippen LogP contribution in [0.3, 0.4) is 0 Å². The lowest BCUT2D eigenvalue weighted by Gasteiger charge is -2.21. The number of para-hydroxylation sites is 1. The lowest BCUT2D eigenvalue weighted by atomic mass is 9.82. The first kappa shape index (κ1) is 26.5. The molecule has 0 saturated heterocycles. The van der Waals surface area contributed by atoms with Gasteiger partial charge in [0.15, 0.2) is 23.1 Å². The average molecular weight is 593 g/mol. The maximum atomic E-state index is 6.54. The van der Waals surface area contributed by atoms with E-state index in [1.54, 1.807) is 0 Å². The van der Waals surface area contributed by atoms with Crippen LogP contribution < -0.4 is 0 Å². The Morgan fingerprint density at radius 3 is 1.67 bits per heavy atom. The van der Waals surface area contributed by atoms with E-state index in [2.05, 4.69) is 68.4 Å². The first-order valence-corrected chi connectivity index (χ1v) is 15.5. The Balaban J connectivity index is 1.23. The molecule has 0 N–H and O–H groups in total. The van der Waals surface area contributed by atoms with Crippen molar-refractivity contribution < 1.29 is 4.42 Å². The summed E-state index contributed by atoms with van der Waals surface area (Å²) in [6.07, 6.45) is 0. The van der Waals surface area contributed by atoms with Gasteiger partial charge in [-0.3, -0.25) is 0 Å². The lowest BCUT2D eigenvalue weighted by molar-refractivity contribution is 0.619. The Kier molecular flexibility index (Phi) is 5.78. The first-order valence-electron chi connectivity index (χ1n) is 15.5. The maximum Gasteiger partial charge on any atom is 0.164 e. The fourth-order valence-corrected chi connectivity index (χ4v) is 6.88. The number of hydrogen-bond acceptors (Lipinski definition) is 5. The number of fused-ring (bicyclic) bond motifs is 7. The SMILES string of the molecule is CC1(C)c2ccccc2-c2c(-c3ccc(-c4nc(-c5ccccc5)nc(-c5ccccc5)n4)cc3)nc3c(oc4ccccc43)c21. The van der Waals surface area contributed by atoms with Gasteiger partial charge in [-0.25, -0.2) is 19.9 Å². The van der Waals surface area contributed by atoms with E-state index < -0.39 is 0 Å². The van der Waals surface area contributed by atoms with Gasteiger partial charge in [0, 0.05) is 44.2 Å². The van der Waals surface area contributed by atoms with Crippen LogP contribution in [0.1, 0.15) is 25.0 Å². The molecule has 46 heavy (non-hydrogen) atoms. The van der Waals surface area contributed by atoms with Crippen LogP contribution in [0.25, 0.3) is 78.6 Å². The fraction of sp³-hybridized carbons (Fsp3) is 0.0732. The zero-order chi connectivity index (χ0) is 30.8. The van der Waals surface area contributed by atoms with Gasteiger partial charge in [0.05, 0.1) is 5.69 Å². The van der Waals surface area contributed by atoms with Crippen molar-refractivity contribution in [3.63, 3.8) is 0 Å². The number of benzene rings is 5. The van der Waals surface area contributed by atoms with Gasteiger partial charge in [-0.15, -0.1) is 0 Å². The van der Waals surface area contributed by atoms with Gasteiger partial charge < -0.3 is 4.42 Å². The number of furan rings is 1. The van der Waals surface area contributed by atoms with Crippen molar-refractivity contribution in [3.05, 3.63) is 145 Å². The Labute approximate surface area is 266 Å². The molecule has 0 radical (unpaired) electrons. The van der Waals surface area contributed by atoms with Crippen LogP contribution in [-0.4, -0.2) is 19.9 Å². The van der Waals surface area contributed by atoms with Crippen molar-refractivity contribution in [2.24, 2.45) is 0 Å². The highest BCUT2D eigenvalue weighted by atomic mass is 16.3. The molecular weight excluding hydrogens is 564 g/mol. The molecule has 0 spiro atoms. The molecule has 0 amide bonds. The van der Waals surface area contributed by atoms with E-state index in [-0.39, 0.29) is 5.41 Å². The molecule has 9 rings (SSSR count). The lowest BCUT2D eigenvalue weighted by Crippen LogP contribution is -2.15. The van der Waals surface area contributed by atoms with E-state index in [4.69, 9.17) is 24.4 Å². The van der Waals surface area contributed by atoms with Crippen molar-refractivity contribution in [3.8, 4) is 56.5 Å². The third-order valence-corrected chi connectivity index (χ3v) is 9.12. The van der Waals surface area contributed by atoms with Crippen molar-refractivity contribution >= 4 is 22.1 Å². The minimum absolute atomic E-state index is 0.248. The Hall–Kier alpha value is -5.94. The van der Waals surface area contributed by atoms with Gasteiger partial charge in [0.25, 0.3) is 0 Å². The van der Waals surface area contributed by atoms with Gasteiger partial charge in [-0.1, -0.05) is 135 Å². The largest absolute Gasteiger partial charge is 0.454 e. The van der Waals surface area contributed by atoms with Gasteiger partial charge in [-0.2, -0.15) is 0 Å². The first-order chi connectivity index (χ1) is 22.6. The monoisotopic (exact) mass is 592 g/mol. The predicted octanol–water partition coefficient (Wildman–Crippen LogP) is 10.1. The van der Waals surface area contributed by atoms with Gasteiger partial charge in [0.1, 0.15) is 11.1 Å². The number of pyridine rings is 1. The zero-order valence-corrected chi connectivity index (χ0v) is 25.4. The Morgan fingerprint density at radius 2 is 1.02 bits per heavy atom. The molecular formula is C41H28N4O. The maximum absolute atomic E-state index is 6.54. The van der Waals surface area contributed by atoms with E-state index in [9.17, 15) is 0 Å². The van der Waals surface area contributed by atoms with Crippen molar-refractivity contribution in [1.29, 1.82) is 0 Å².